The van der Waals surface area contributed by atoms with Gasteiger partial charge < -0.3 is 10.6 Å². The second-order valence-electron chi connectivity index (χ2n) is 6.96. The highest BCUT2D eigenvalue weighted by atomic mass is 16.2. The highest BCUT2D eigenvalue weighted by Gasteiger charge is 2.56. The molecule has 0 saturated heterocycles. The van der Waals surface area contributed by atoms with E-state index in [2.05, 4.69) is 24.5 Å². The van der Waals surface area contributed by atoms with E-state index >= 15 is 0 Å². The Labute approximate surface area is 155 Å². The molecule has 1 aliphatic rings. The fourth-order valence-electron chi connectivity index (χ4n) is 3.27. The van der Waals surface area contributed by atoms with Gasteiger partial charge in [0, 0.05) is 11.4 Å². The molecule has 3 rings (SSSR count). The Balaban J connectivity index is 1.80. The van der Waals surface area contributed by atoms with E-state index in [-0.39, 0.29) is 11.8 Å². The third-order valence-electron chi connectivity index (χ3n) is 5.25. The van der Waals surface area contributed by atoms with Crippen LogP contribution in [0.1, 0.15) is 43.4 Å². The number of carbonyl (C=O) groups is 2. The lowest BCUT2D eigenvalue weighted by Crippen LogP contribution is -2.36. The molecule has 26 heavy (non-hydrogen) atoms. The van der Waals surface area contributed by atoms with Crippen LogP contribution in [0, 0.1) is 12.3 Å². The first-order valence-electron chi connectivity index (χ1n) is 9.31. The number of para-hydroxylation sites is 2. The number of rotatable bonds is 6. The van der Waals surface area contributed by atoms with Gasteiger partial charge in [0.2, 0.25) is 11.8 Å². The maximum atomic E-state index is 13.0. The molecule has 2 aromatic carbocycles. The van der Waals surface area contributed by atoms with Crippen LogP contribution in [0.4, 0.5) is 11.4 Å². The molecule has 0 bridgehead atoms. The van der Waals surface area contributed by atoms with Gasteiger partial charge in [-0.15, -0.1) is 0 Å². The zero-order valence-corrected chi connectivity index (χ0v) is 15.7. The van der Waals surface area contributed by atoms with Gasteiger partial charge in [0.05, 0.1) is 0 Å². The molecular weight excluding hydrogens is 324 g/mol. The number of hydrogen-bond acceptors (Lipinski definition) is 2. The monoisotopic (exact) mass is 350 g/mol. The van der Waals surface area contributed by atoms with Crippen LogP contribution in [0.15, 0.2) is 42.5 Å². The van der Waals surface area contributed by atoms with E-state index in [1.165, 1.54) is 0 Å². The molecule has 0 aliphatic heterocycles. The van der Waals surface area contributed by atoms with Gasteiger partial charge in [0.15, 0.2) is 0 Å². The Morgan fingerprint density at radius 2 is 1.46 bits per heavy atom. The van der Waals surface area contributed by atoms with Crippen LogP contribution >= 0.6 is 0 Å². The largest absolute Gasteiger partial charge is 0.325 e. The Hall–Kier alpha value is -2.62. The summed E-state index contributed by atoms with van der Waals surface area (Å²) in [4.78, 5) is 25.8. The van der Waals surface area contributed by atoms with E-state index in [1.54, 1.807) is 0 Å². The Kier molecular flexibility index (Phi) is 5.12. The summed E-state index contributed by atoms with van der Waals surface area (Å²) < 4.78 is 0. The quantitative estimate of drug-likeness (QED) is 0.755. The minimum atomic E-state index is -0.950. The number of benzene rings is 2. The molecule has 0 heterocycles. The number of amides is 2. The van der Waals surface area contributed by atoms with Crippen molar-refractivity contribution in [2.24, 2.45) is 5.41 Å². The summed E-state index contributed by atoms with van der Waals surface area (Å²) in [6.45, 7) is 6.09. The van der Waals surface area contributed by atoms with E-state index in [1.807, 2.05) is 49.4 Å². The molecule has 136 valence electrons. The Morgan fingerprint density at radius 3 is 2.00 bits per heavy atom. The van der Waals surface area contributed by atoms with Gasteiger partial charge in [0.1, 0.15) is 5.41 Å². The molecule has 2 amide bonds. The minimum absolute atomic E-state index is 0.195. The average molecular weight is 350 g/mol. The molecule has 1 fully saturated rings. The van der Waals surface area contributed by atoms with Crippen molar-refractivity contribution in [3.8, 4) is 0 Å². The third kappa shape index (κ3) is 3.36. The number of nitrogens with one attached hydrogen (secondary N) is 2. The number of aryl methyl sites for hydroxylation is 3. The zero-order valence-electron chi connectivity index (χ0n) is 15.7. The predicted molar refractivity (Wildman–Crippen MR) is 105 cm³/mol. The van der Waals surface area contributed by atoms with Crippen LogP contribution in [0.25, 0.3) is 0 Å². The maximum absolute atomic E-state index is 13.0. The van der Waals surface area contributed by atoms with Gasteiger partial charge in [-0.25, -0.2) is 0 Å². The lowest BCUT2D eigenvalue weighted by Gasteiger charge is -2.19. The van der Waals surface area contributed by atoms with Crippen molar-refractivity contribution in [2.75, 3.05) is 10.6 Å². The van der Waals surface area contributed by atoms with Gasteiger partial charge in [-0.2, -0.15) is 0 Å². The van der Waals surface area contributed by atoms with Crippen molar-refractivity contribution in [1.82, 2.24) is 0 Å². The summed E-state index contributed by atoms with van der Waals surface area (Å²) in [5.41, 5.74) is 3.88. The molecule has 0 spiro atoms. The van der Waals surface area contributed by atoms with Crippen molar-refractivity contribution >= 4 is 23.2 Å². The fourth-order valence-corrected chi connectivity index (χ4v) is 3.27. The number of anilines is 2. The van der Waals surface area contributed by atoms with Crippen LogP contribution in [0.5, 0.6) is 0 Å². The molecule has 1 saturated carbocycles. The van der Waals surface area contributed by atoms with Crippen molar-refractivity contribution in [2.45, 2.75) is 46.5 Å². The summed E-state index contributed by atoms with van der Waals surface area (Å²) >= 11 is 0. The highest BCUT2D eigenvalue weighted by Crippen LogP contribution is 2.48. The Morgan fingerprint density at radius 1 is 0.885 bits per heavy atom. The molecule has 0 atom stereocenters. The fraction of sp³-hybridized carbons (Fsp3) is 0.364. The van der Waals surface area contributed by atoms with Crippen LogP contribution in [0.3, 0.4) is 0 Å². The van der Waals surface area contributed by atoms with Crippen LogP contribution in [0.2, 0.25) is 0 Å². The van der Waals surface area contributed by atoms with Gasteiger partial charge in [-0.1, -0.05) is 50.2 Å². The number of hydrogen-bond donors (Lipinski definition) is 2. The van der Waals surface area contributed by atoms with Crippen molar-refractivity contribution < 1.29 is 9.59 Å². The van der Waals surface area contributed by atoms with E-state index < -0.39 is 5.41 Å². The first kappa shape index (κ1) is 18.2. The van der Waals surface area contributed by atoms with Gasteiger partial charge >= 0.3 is 0 Å². The first-order chi connectivity index (χ1) is 12.5. The molecule has 0 aromatic heterocycles. The summed E-state index contributed by atoms with van der Waals surface area (Å²) in [7, 11) is 0. The second kappa shape index (κ2) is 7.32. The van der Waals surface area contributed by atoms with E-state index in [4.69, 9.17) is 0 Å². The van der Waals surface area contributed by atoms with Gasteiger partial charge in [0.25, 0.3) is 0 Å². The molecule has 0 unspecified atom stereocenters. The topological polar surface area (TPSA) is 58.2 Å². The van der Waals surface area contributed by atoms with E-state index in [0.717, 1.165) is 40.9 Å². The zero-order chi connectivity index (χ0) is 18.7. The molecule has 2 N–H and O–H groups in total. The van der Waals surface area contributed by atoms with Crippen molar-refractivity contribution in [3.05, 3.63) is 59.2 Å². The van der Waals surface area contributed by atoms with Crippen LogP contribution in [-0.4, -0.2) is 11.8 Å². The SMILES string of the molecule is CCc1cccc(CC)c1NC(=O)C1(C(=O)Nc2ccccc2C)CC1. The lowest BCUT2D eigenvalue weighted by atomic mass is 10.00. The second-order valence-corrected chi connectivity index (χ2v) is 6.96. The molecule has 1 aliphatic carbocycles. The van der Waals surface area contributed by atoms with Crippen LogP contribution < -0.4 is 10.6 Å². The molecule has 4 heteroatoms. The molecule has 0 radical (unpaired) electrons. The summed E-state index contributed by atoms with van der Waals surface area (Å²) in [5.74, 6) is -0.407. The van der Waals surface area contributed by atoms with E-state index in [9.17, 15) is 9.59 Å². The lowest BCUT2D eigenvalue weighted by molar-refractivity contribution is -0.131. The normalized spacial score (nSPS) is 14.6. The van der Waals surface area contributed by atoms with Crippen molar-refractivity contribution in [3.63, 3.8) is 0 Å². The third-order valence-corrected chi connectivity index (χ3v) is 5.25. The first-order valence-corrected chi connectivity index (χ1v) is 9.31. The summed E-state index contributed by atoms with van der Waals surface area (Å²) in [6, 6.07) is 13.7. The van der Waals surface area contributed by atoms with E-state index in [0.29, 0.717) is 12.8 Å². The van der Waals surface area contributed by atoms with Crippen LogP contribution in [-0.2, 0) is 22.4 Å². The summed E-state index contributed by atoms with van der Waals surface area (Å²) in [5, 5.41) is 6.00. The Bertz CT molecular complexity index is 816. The maximum Gasteiger partial charge on any atom is 0.240 e. The molecule has 2 aromatic rings. The number of carbonyl (C=O) groups excluding carboxylic acids is 2. The van der Waals surface area contributed by atoms with Gasteiger partial charge in [-0.05, 0) is 55.4 Å². The predicted octanol–water partition coefficient (Wildman–Crippen LogP) is 4.48. The highest BCUT2D eigenvalue weighted by molar-refractivity contribution is 6.17. The molecular formula is C22H26N2O2. The smallest absolute Gasteiger partial charge is 0.240 e. The average Bonchev–Trinajstić information content (AvgIpc) is 3.46. The van der Waals surface area contributed by atoms with Crippen molar-refractivity contribution in [1.29, 1.82) is 0 Å². The van der Waals surface area contributed by atoms with Gasteiger partial charge in [-0.3, -0.25) is 9.59 Å². The summed E-state index contributed by atoms with van der Waals surface area (Å²) in [6.07, 6.45) is 2.86. The standard InChI is InChI=1S/C22H26N2O2/c1-4-16-10-8-11-17(5-2)19(16)24-21(26)22(13-14-22)20(25)23-18-12-7-6-9-15(18)3/h6-12H,4-5,13-14H2,1-3H3,(H,23,25)(H,24,26). The molecule has 4 nitrogen and oxygen atoms in total. The minimum Gasteiger partial charge on any atom is -0.325 e.